The number of anilines is 1. The summed E-state index contributed by atoms with van der Waals surface area (Å²) in [5.74, 6) is -1.77. The maximum Gasteiger partial charge on any atom is 0.252 e. The first kappa shape index (κ1) is 14.3. The van der Waals surface area contributed by atoms with Crippen molar-refractivity contribution < 1.29 is 8.78 Å². The summed E-state index contributed by atoms with van der Waals surface area (Å²) in [5.41, 5.74) is 0.952. The van der Waals surface area contributed by atoms with Crippen LogP contribution < -0.4 is 5.32 Å². The molecule has 1 heterocycles. The van der Waals surface area contributed by atoms with E-state index in [4.69, 9.17) is 0 Å². The SMILES string of the molecule is FC1(F)CC(N=C(Nc2ccccc2)N2CCCCC2)C1. The summed E-state index contributed by atoms with van der Waals surface area (Å²) >= 11 is 0. The Morgan fingerprint density at radius 1 is 1.10 bits per heavy atom. The van der Waals surface area contributed by atoms with Gasteiger partial charge in [-0.1, -0.05) is 18.2 Å². The fraction of sp³-hybridized carbons (Fsp3) is 0.562. The fourth-order valence-electron chi connectivity index (χ4n) is 2.84. The second-order valence-corrected chi connectivity index (χ2v) is 5.91. The van der Waals surface area contributed by atoms with Gasteiger partial charge in [0.2, 0.25) is 0 Å². The highest BCUT2D eigenvalue weighted by atomic mass is 19.3. The van der Waals surface area contributed by atoms with Gasteiger partial charge in [0.1, 0.15) is 0 Å². The Kier molecular flexibility index (Phi) is 4.08. The fourth-order valence-corrected chi connectivity index (χ4v) is 2.84. The van der Waals surface area contributed by atoms with E-state index in [0.29, 0.717) is 0 Å². The van der Waals surface area contributed by atoms with E-state index < -0.39 is 5.92 Å². The molecule has 0 unspecified atom stereocenters. The summed E-state index contributed by atoms with van der Waals surface area (Å²) in [6, 6.07) is 9.54. The van der Waals surface area contributed by atoms with Crippen molar-refractivity contribution in [1.29, 1.82) is 0 Å². The lowest BCUT2D eigenvalue weighted by Gasteiger charge is -2.35. The molecule has 114 valence electrons. The molecule has 1 saturated heterocycles. The van der Waals surface area contributed by atoms with Gasteiger partial charge in [0.05, 0.1) is 6.04 Å². The van der Waals surface area contributed by atoms with Crippen LogP contribution in [0.5, 0.6) is 0 Å². The molecule has 3 rings (SSSR count). The van der Waals surface area contributed by atoms with Crippen LogP contribution in [0.3, 0.4) is 0 Å². The van der Waals surface area contributed by atoms with Crippen molar-refractivity contribution in [2.45, 2.75) is 44.1 Å². The highest BCUT2D eigenvalue weighted by Gasteiger charge is 2.45. The largest absolute Gasteiger partial charge is 0.343 e. The molecule has 2 aliphatic rings. The zero-order valence-electron chi connectivity index (χ0n) is 12.1. The number of aliphatic imine (C=N–C) groups is 1. The van der Waals surface area contributed by atoms with Crippen LogP contribution in [0.2, 0.25) is 0 Å². The summed E-state index contributed by atoms with van der Waals surface area (Å²) in [7, 11) is 0. The molecule has 21 heavy (non-hydrogen) atoms. The smallest absolute Gasteiger partial charge is 0.252 e. The van der Waals surface area contributed by atoms with Crippen molar-refractivity contribution in [2.24, 2.45) is 4.99 Å². The molecule has 0 spiro atoms. The van der Waals surface area contributed by atoms with E-state index >= 15 is 0 Å². The number of hydrogen-bond acceptors (Lipinski definition) is 1. The van der Waals surface area contributed by atoms with Crippen LogP contribution in [0.15, 0.2) is 35.3 Å². The van der Waals surface area contributed by atoms with Gasteiger partial charge in [-0.05, 0) is 31.4 Å². The van der Waals surface area contributed by atoms with Crippen molar-refractivity contribution >= 4 is 11.6 Å². The summed E-state index contributed by atoms with van der Waals surface area (Å²) in [6.45, 7) is 1.89. The molecule has 0 aromatic heterocycles. The molecular formula is C16H21F2N3. The van der Waals surface area contributed by atoms with Crippen LogP contribution >= 0.6 is 0 Å². The number of benzene rings is 1. The Morgan fingerprint density at radius 3 is 2.38 bits per heavy atom. The van der Waals surface area contributed by atoms with Gasteiger partial charge in [0.15, 0.2) is 5.96 Å². The number of rotatable bonds is 2. The number of guanidine groups is 1. The van der Waals surface area contributed by atoms with Gasteiger partial charge in [0, 0.05) is 31.6 Å². The van der Waals surface area contributed by atoms with Gasteiger partial charge in [-0.3, -0.25) is 0 Å². The number of halogens is 2. The number of nitrogens with one attached hydrogen (secondary N) is 1. The van der Waals surface area contributed by atoms with Crippen molar-refractivity contribution in [1.82, 2.24) is 4.90 Å². The second kappa shape index (κ2) is 6.00. The van der Waals surface area contributed by atoms with Gasteiger partial charge in [-0.15, -0.1) is 0 Å². The van der Waals surface area contributed by atoms with Gasteiger partial charge in [0.25, 0.3) is 5.92 Å². The highest BCUT2D eigenvalue weighted by Crippen LogP contribution is 2.39. The van der Waals surface area contributed by atoms with Gasteiger partial charge in [-0.25, -0.2) is 13.8 Å². The molecule has 1 aromatic carbocycles. The lowest BCUT2D eigenvalue weighted by molar-refractivity contribution is -0.0836. The number of likely N-dealkylation sites (tertiary alicyclic amines) is 1. The first-order chi connectivity index (χ1) is 10.1. The van der Waals surface area contributed by atoms with Crippen molar-refractivity contribution in [3.05, 3.63) is 30.3 Å². The zero-order chi connectivity index (χ0) is 14.7. The minimum Gasteiger partial charge on any atom is -0.343 e. The molecule has 0 bridgehead atoms. The van der Waals surface area contributed by atoms with Crippen LogP contribution in [0.25, 0.3) is 0 Å². The second-order valence-electron chi connectivity index (χ2n) is 5.91. The first-order valence-electron chi connectivity index (χ1n) is 7.65. The van der Waals surface area contributed by atoms with E-state index in [1.54, 1.807) is 0 Å². The van der Waals surface area contributed by atoms with E-state index in [1.807, 2.05) is 30.3 Å². The lowest BCUT2D eigenvalue weighted by atomic mass is 9.89. The van der Waals surface area contributed by atoms with Crippen molar-refractivity contribution in [2.75, 3.05) is 18.4 Å². The van der Waals surface area contributed by atoms with Crippen LogP contribution in [0.4, 0.5) is 14.5 Å². The minimum absolute atomic E-state index is 0.124. The first-order valence-corrected chi connectivity index (χ1v) is 7.65. The molecule has 5 heteroatoms. The topological polar surface area (TPSA) is 27.6 Å². The maximum atomic E-state index is 13.0. The highest BCUT2D eigenvalue weighted by molar-refractivity contribution is 5.93. The summed E-state index contributed by atoms with van der Waals surface area (Å²) in [6.07, 6.45) is 3.25. The summed E-state index contributed by atoms with van der Waals surface area (Å²) in [4.78, 5) is 6.74. The van der Waals surface area contributed by atoms with E-state index in [1.165, 1.54) is 6.42 Å². The van der Waals surface area contributed by atoms with E-state index in [2.05, 4.69) is 15.2 Å². The van der Waals surface area contributed by atoms with Crippen LogP contribution in [0, 0.1) is 0 Å². The van der Waals surface area contributed by atoms with Gasteiger partial charge >= 0.3 is 0 Å². The van der Waals surface area contributed by atoms with Gasteiger partial charge < -0.3 is 10.2 Å². The number of nitrogens with zero attached hydrogens (tertiary/aromatic N) is 2. The Bertz CT molecular complexity index is 488. The molecule has 0 radical (unpaired) electrons. The van der Waals surface area contributed by atoms with Crippen LogP contribution in [0.1, 0.15) is 32.1 Å². The molecule has 1 N–H and O–H groups in total. The number of piperidine rings is 1. The molecule has 2 fully saturated rings. The molecule has 1 saturated carbocycles. The number of hydrogen-bond donors (Lipinski definition) is 1. The van der Waals surface area contributed by atoms with E-state index in [0.717, 1.165) is 37.6 Å². The van der Waals surface area contributed by atoms with E-state index in [9.17, 15) is 8.78 Å². The lowest BCUT2D eigenvalue weighted by Crippen LogP contribution is -2.44. The number of alkyl halides is 2. The molecule has 0 amide bonds. The third-order valence-corrected chi connectivity index (χ3v) is 4.06. The Morgan fingerprint density at radius 2 is 1.76 bits per heavy atom. The number of para-hydroxylation sites is 1. The Labute approximate surface area is 124 Å². The van der Waals surface area contributed by atoms with Crippen molar-refractivity contribution in [3.8, 4) is 0 Å². The standard InChI is InChI=1S/C16H21F2N3/c17-16(18)11-14(12-16)20-15(21-9-5-2-6-10-21)19-13-7-3-1-4-8-13/h1,3-4,7-8,14H,2,5-6,9-12H2,(H,19,20). The predicted octanol–water partition coefficient (Wildman–Crippen LogP) is 3.74. The Balaban J connectivity index is 1.72. The third-order valence-electron chi connectivity index (χ3n) is 4.06. The Hall–Kier alpha value is -1.65. The summed E-state index contributed by atoms with van der Waals surface area (Å²) in [5, 5.41) is 3.31. The third kappa shape index (κ3) is 3.71. The molecular weight excluding hydrogens is 272 g/mol. The quantitative estimate of drug-likeness (QED) is 0.664. The molecule has 1 aliphatic carbocycles. The molecule has 1 aliphatic heterocycles. The van der Waals surface area contributed by atoms with Crippen LogP contribution in [-0.4, -0.2) is 35.9 Å². The van der Waals surface area contributed by atoms with Crippen LogP contribution in [-0.2, 0) is 0 Å². The average Bonchev–Trinajstić information content (AvgIpc) is 2.47. The normalized spacial score (nSPS) is 22.8. The van der Waals surface area contributed by atoms with E-state index in [-0.39, 0.29) is 18.9 Å². The van der Waals surface area contributed by atoms with Gasteiger partial charge in [-0.2, -0.15) is 0 Å². The monoisotopic (exact) mass is 293 g/mol. The maximum absolute atomic E-state index is 13.0. The zero-order valence-corrected chi connectivity index (χ0v) is 12.1. The van der Waals surface area contributed by atoms with Crippen molar-refractivity contribution in [3.63, 3.8) is 0 Å². The summed E-state index contributed by atoms with van der Waals surface area (Å²) < 4.78 is 26.0. The molecule has 1 aromatic rings. The minimum atomic E-state index is -2.52. The molecule has 3 nitrogen and oxygen atoms in total. The average molecular weight is 293 g/mol. The predicted molar refractivity (Wildman–Crippen MR) is 80.9 cm³/mol. The molecule has 0 atom stereocenters.